The Hall–Kier alpha value is -3.43. The molecule has 0 aliphatic heterocycles. The van der Waals surface area contributed by atoms with Gasteiger partial charge in [0.05, 0.1) is 11.0 Å². The van der Waals surface area contributed by atoms with Crippen molar-refractivity contribution in [2.45, 2.75) is 6.61 Å². The number of hydrogen-bond acceptors (Lipinski definition) is 8. The van der Waals surface area contributed by atoms with Gasteiger partial charge in [0.25, 0.3) is 5.69 Å². The first kappa shape index (κ1) is 15.0. The van der Waals surface area contributed by atoms with Crippen LogP contribution < -0.4 is 4.74 Å². The molecule has 0 saturated heterocycles. The Morgan fingerprint density at radius 3 is 2.27 bits per heavy atom. The summed E-state index contributed by atoms with van der Waals surface area (Å²) >= 11 is 0. The van der Waals surface area contributed by atoms with Crippen LogP contribution in [0.1, 0.15) is 5.76 Å². The van der Waals surface area contributed by atoms with Gasteiger partial charge in [-0.05, 0) is 18.2 Å². The van der Waals surface area contributed by atoms with Crippen LogP contribution in [0.2, 0.25) is 0 Å². The summed E-state index contributed by atoms with van der Waals surface area (Å²) in [6.45, 7) is -0.348. The largest absolute Gasteiger partial charge is 0.514 e. The van der Waals surface area contributed by atoms with E-state index >= 15 is 0 Å². The Labute approximate surface area is 122 Å². The minimum absolute atomic E-state index is 0.0565. The van der Waals surface area contributed by atoms with E-state index in [2.05, 4.69) is 0 Å². The van der Waals surface area contributed by atoms with Gasteiger partial charge in [0.15, 0.2) is 6.61 Å². The third-order valence-electron chi connectivity index (χ3n) is 2.41. The molecule has 0 atom stereocenters. The minimum atomic E-state index is -1.08. The highest BCUT2D eigenvalue weighted by Gasteiger charge is 2.14. The van der Waals surface area contributed by atoms with E-state index in [0.717, 1.165) is 6.07 Å². The molecular weight excluding hydrogens is 300 g/mol. The standard InChI is InChI=1S/C12H8N2O8/c15-12(20-7-10-5-6-11(21-10)14(18)19)22-9-3-1-8(2-4-9)13(16)17/h1-6H,7H2. The predicted molar refractivity (Wildman–Crippen MR) is 69.3 cm³/mol. The van der Waals surface area contributed by atoms with E-state index in [-0.39, 0.29) is 23.8 Å². The first-order valence-corrected chi connectivity index (χ1v) is 5.78. The number of nitrogens with zero attached hydrogens (tertiary/aromatic N) is 2. The third kappa shape index (κ3) is 3.79. The van der Waals surface area contributed by atoms with Gasteiger partial charge in [-0.3, -0.25) is 20.2 Å². The number of nitro groups is 2. The molecule has 22 heavy (non-hydrogen) atoms. The van der Waals surface area contributed by atoms with E-state index in [9.17, 15) is 25.0 Å². The Balaban J connectivity index is 1.87. The lowest BCUT2D eigenvalue weighted by molar-refractivity contribution is -0.402. The van der Waals surface area contributed by atoms with E-state index in [1.165, 1.54) is 30.3 Å². The minimum Gasteiger partial charge on any atom is -0.426 e. The van der Waals surface area contributed by atoms with Gasteiger partial charge < -0.3 is 13.9 Å². The van der Waals surface area contributed by atoms with Crippen molar-refractivity contribution in [1.29, 1.82) is 0 Å². The van der Waals surface area contributed by atoms with Crippen molar-refractivity contribution in [2.75, 3.05) is 0 Å². The zero-order valence-electron chi connectivity index (χ0n) is 10.8. The fourth-order valence-electron chi connectivity index (χ4n) is 1.43. The molecule has 114 valence electrons. The average molecular weight is 308 g/mol. The number of hydrogen-bond donors (Lipinski definition) is 0. The Kier molecular flexibility index (Phi) is 4.32. The van der Waals surface area contributed by atoms with Gasteiger partial charge in [0.1, 0.15) is 16.4 Å². The third-order valence-corrected chi connectivity index (χ3v) is 2.41. The van der Waals surface area contributed by atoms with Crippen molar-refractivity contribution in [3.63, 3.8) is 0 Å². The molecule has 0 fully saturated rings. The molecule has 10 heteroatoms. The highest BCUT2D eigenvalue weighted by molar-refractivity contribution is 5.64. The van der Waals surface area contributed by atoms with E-state index < -0.39 is 21.9 Å². The van der Waals surface area contributed by atoms with Crippen molar-refractivity contribution >= 4 is 17.7 Å². The molecule has 0 amide bonds. The van der Waals surface area contributed by atoms with Gasteiger partial charge in [-0.15, -0.1) is 0 Å². The maximum atomic E-state index is 11.4. The Morgan fingerprint density at radius 1 is 1.05 bits per heavy atom. The summed E-state index contributed by atoms with van der Waals surface area (Å²) in [6, 6.07) is 7.21. The number of rotatable bonds is 5. The molecule has 0 saturated carbocycles. The molecule has 1 aromatic heterocycles. The normalized spacial score (nSPS) is 10.0. The molecule has 0 radical (unpaired) electrons. The summed E-state index contributed by atoms with van der Waals surface area (Å²) in [4.78, 5) is 30.9. The second kappa shape index (κ2) is 6.35. The summed E-state index contributed by atoms with van der Waals surface area (Å²) in [5.74, 6) is -0.337. The first-order valence-electron chi connectivity index (χ1n) is 5.78. The molecule has 0 bridgehead atoms. The lowest BCUT2D eigenvalue weighted by Gasteiger charge is -2.04. The molecule has 2 aromatic rings. The van der Waals surface area contributed by atoms with Crippen molar-refractivity contribution < 1.29 is 28.5 Å². The van der Waals surface area contributed by atoms with E-state index in [1.807, 2.05) is 0 Å². The molecule has 0 spiro atoms. The SMILES string of the molecule is O=C(OCc1ccc([N+](=O)[O-])o1)Oc1ccc([N+](=O)[O-])cc1. The van der Waals surface area contributed by atoms with Crippen LogP contribution in [0.5, 0.6) is 5.75 Å². The number of benzene rings is 1. The van der Waals surface area contributed by atoms with Crippen LogP contribution in [0, 0.1) is 20.2 Å². The topological polar surface area (TPSA) is 135 Å². The fraction of sp³-hybridized carbons (Fsp3) is 0.0833. The molecule has 1 heterocycles. The zero-order valence-corrected chi connectivity index (χ0v) is 10.8. The van der Waals surface area contributed by atoms with Crippen LogP contribution in [0.25, 0.3) is 0 Å². The number of furan rings is 1. The zero-order chi connectivity index (χ0) is 16.1. The van der Waals surface area contributed by atoms with Gasteiger partial charge in [-0.25, -0.2) is 4.79 Å². The van der Waals surface area contributed by atoms with Crippen LogP contribution >= 0.6 is 0 Å². The second-order valence-electron chi connectivity index (χ2n) is 3.89. The highest BCUT2D eigenvalue weighted by atomic mass is 16.7. The number of ether oxygens (including phenoxy) is 2. The second-order valence-corrected chi connectivity index (χ2v) is 3.89. The molecule has 2 rings (SSSR count). The van der Waals surface area contributed by atoms with Crippen LogP contribution in [0.4, 0.5) is 16.4 Å². The van der Waals surface area contributed by atoms with E-state index in [1.54, 1.807) is 0 Å². The predicted octanol–water partition coefficient (Wildman–Crippen LogP) is 2.81. The number of nitro benzene ring substituents is 1. The van der Waals surface area contributed by atoms with Crippen molar-refractivity contribution in [3.05, 3.63) is 62.4 Å². The van der Waals surface area contributed by atoms with Crippen molar-refractivity contribution in [1.82, 2.24) is 0 Å². The van der Waals surface area contributed by atoms with Crippen LogP contribution in [-0.2, 0) is 11.3 Å². The number of non-ortho nitro benzene ring substituents is 1. The summed E-state index contributed by atoms with van der Waals surface area (Å²) in [5.41, 5.74) is -0.149. The number of carbonyl (C=O) groups excluding carboxylic acids is 1. The van der Waals surface area contributed by atoms with Gasteiger partial charge in [0.2, 0.25) is 0 Å². The molecule has 0 aliphatic rings. The molecule has 0 N–H and O–H groups in total. The van der Waals surface area contributed by atoms with Gasteiger partial charge in [0, 0.05) is 12.1 Å². The Bertz CT molecular complexity index is 706. The van der Waals surface area contributed by atoms with Crippen molar-refractivity contribution in [3.8, 4) is 5.75 Å². The quantitative estimate of drug-likeness (QED) is 0.356. The maximum Gasteiger partial charge on any atom is 0.514 e. The fourth-order valence-corrected chi connectivity index (χ4v) is 1.43. The summed E-state index contributed by atoms with van der Waals surface area (Å²) in [5, 5.41) is 20.9. The lowest BCUT2D eigenvalue weighted by Crippen LogP contribution is -2.10. The highest BCUT2D eigenvalue weighted by Crippen LogP contribution is 2.19. The van der Waals surface area contributed by atoms with Gasteiger partial charge >= 0.3 is 12.0 Å². The smallest absolute Gasteiger partial charge is 0.426 e. The lowest BCUT2D eigenvalue weighted by atomic mass is 10.3. The van der Waals surface area contributed by atoms with E-state index in [4.69, 9.17) is 13.9 Å². The Morgan fingerprint density at radius 2 is 1.73 bits per heavy atom. The molecule has 0 unspecified atom stereocenters. The maximum absolute atomic E-state index is 11.4. The van der Waals surface area contributed by atoms with Crippen LogP contribution in [0.15, 0.2) is 40.8 Å². The van der Waals surface area contributed by atoms with Gasteiger partial charge in [-0.2, -0.15) is 0 Å². The molecule has 1 aromatic carbocycles. The van der Waals surface area contributed by atoms with Gasteiger partial charge in [-0.1, -0.05) is 0 Å². The number of carbonyl (C=O) groups is 1. The summed E-state index contributed by atoms with van der Waals surface area (Å²) < 4.78 is 14.2. The van der Waals surface area contributed by atoms with Crippen LogP contribution in [0.3, 0.4) is 0 Å². The molecular formula is C12H8N2O8. The van der Waals surface area contributed by atoms with Crippen LogP contribution in [-0.4, -0.2) is 16.0 Å². The van der Waals surface area contributed by atoms with Crippen molar-refractivity contribution in [2.24, 2.45) is 0 Å². The first-order chi connectivity index (χ1) is 10.5. The molecule has 10 nitrogen and oxygen atoms in total. The average Bonchev–Trinajstić information content (AvgIpc) is 2.95. The molecule has 0 aliphatic carbocycles. The van der Waals surface area contributed by atoms with E-state index in [0.29, 0.717) is 0 Å². The summed E-state index contributed by atoms with van der Waals surface area (Å²) in [6.07, 6.45) is -1.08. The monoisotopic (exact) mass is 308 g/mol. The summed E-state index contributed by atoms with van der Waals surface area (Å²) in [7, 11) is 0.